The summed E-state index contributed by atoms with van der Waals surface area (Å²) in [6.07, 6.45) is 2.79. The lowest BCUT2D eigenvalue weighted by atomic mass is 9.83. The third-order valence-electron chi connectivity index (χ3n) is 6.39. The van der Waals surface area contributed by atoms with Gasteiger partial charge in [0, 0.05) is 43.4 Å². The van der Waals surface area contributed by atoms with Crippen molar-refractivity contribution in [1.82, 2.24) is 0 Å². The summed E-state index contributed by atoms with van der Waals surface area (Å²) in [6, 6.07) is 24.5. The number of halogens is 4. The molecule has 2 N–H and O–H groups in total. The maximum absolute atomic E-state index is 12.5. The quantitative estimate of drug-likeness (QED) is 0.124. The number of carbonyl (C=O) groups is 1. The van der Waals surface area contributed by atoms with Crippen LogP contribution in [-0.2, 0) is 11.4 Å². The molecular formula is C32H20Cl4N2O4. The van der Waals surface area contributed by atoms with Crippen molar-refractivity contribution < 1.29 is 19.0 Å². The Morgan fingerprint density at radius 2 is 1.60 bits per heavy atom. The Balaban J connectivity index is 1.33. The van der Waals surface area contributed by atoms with Crippen LogP contribution in [0, 0.1) is 11.3 Å². The SMILES string of the molecule is N#CC1=C(N)Oc2cc(OC(=O)/C=C/c3ccc(Cl)cc3Cl)ccc2C1c1ccc(OCc2ccc(Cl)cc2Cl)cc1. The fourth-order valence-electron chi connectivity index (χ4n) is 4.34. The Morgan fingerprint density at radius 1 is 0.905 bits per heavy atom. The third kappa shape index (κ3) is 6.67. The van der Waals surface area contributed by atoms with Gasteiger partial charge in [-0.2, -0.15) is 5.26 Å². The molecule has 0 saturated carbocycles. The summed E-state index contributed by atoms with van der Waals surface area (Å²) in [4.78, 5) is 12.5. The third-order valence-corrected chi connectivity index (χ3v) is 7.54. The van der Waals surface area contributed by atoms with E-state index in [1.54, 1.807) is 60.7 Å². The van der Waals surface area contributed by atoms with Gasteiger partial charge in [0.15, 0.2) is 0 Å². The summed E-state index contributed by atoms with van der Waals surface area (Å²) in [5.41, 5.74) is 9.29. The van der Waals surface area contributed by atoms with Gasteiger partial charge >= 0.3 is 5.97 Å². The van der Waals surface area contributed by atoms with Crippen molar-refractivity contribution in [2.24, 2.45) is 5.73 Å². The smallest absolute Gasteiger partial charge is 0.336 e. The highest BCUT2D eigenvalue weighted by atomic mass is 35.5. The van der Waals surface area contributed by atoms with Crippen LogP contribution in [0.4, 0.5) is 0 Å². The van der Waals surface area contributed by atoms with Crippen molar-refractivity contribution in [3.63, 3.8) is 0 Å². The summed E-state index contributed by atoms with van der Waals surface area (Å²) in [5, 5.41) is 11.8. The molecule has 0 saturated heterocycles. The average Bonchev–Trinajstić information content (AvgIpc) is 2.96. The Kier molecular flexibility index (Phi) is 8.96. The molecule has 1 atom stereocenters. The summed E-state index contributed by atoms with van der Waals surface area (Å²) < 4.78 is 17.1. The molecule has 5 rings (SSSR count). The number of fused-ring (bicyclic) bond motifs is 1. The van der Waals surface area contributed by atoms with Crippen molar-refractivity contribution in [3.05, 3.63) is 139 Å². The molecule has 4 aromatic carbocycles. The maximum Gasteiger partial charge on any atom is 0.336 e. The van der Waals surface area contributed by atoms with Gasteiger partial charge < -0.3 is 19.9 Å². The first-order valence-corrected chi connectivity index (χ1v) is 14.0. The molecule has 0 aromatic heterocycles. The van der Waals surface area contributed by atoms with Gasteiger partial charge in [-0.25, -0.2) is 4.79 Å². The van der Waals surface area contributed by atoms with Crippen LogP contribution in [0.5, 0.6) is 17.2 Å². The van der Waals surface area contributed by atoms with Crippen molar-refractivity contribution in [1.29, 1.82) is 5.26 Å². The second kappa shape index (κ2) is 12.8. The summed E-state index contributed by atoms with van der Waals surface area (Å²) >= 11 is 24.3. The second-order valence-electron chi connectivity index (χ2n) is 9.14. The highest BCUT2D eigenvalue weighted by Crippen LogP contribution is 2.43. The molecule has 1 unspecified atom stereocenters. The maximum atomic E-state index is 12.5. The number of rotatable bonds is 7. The van der Waals surface area contributed by atoms with E-state index < -0.39 is 11.9 Å². The van der Waals surface area contributed by atoms with Crippen molar-refractivity contribution in [3.8, 4) is 23.3 Å². The first-order valence-electron chi connectivity index (χ1n) is 12.4. The van der Waals surface area contributed by atoms with E-state index in [0.717, 1.165) is 11.1 Å². The lowest BCUT2D eigenvalue weighted by Gasteiger charge is -2.26. The van der Waals surface area contributed by atoms with Gasteiger partial charge in [0.05, 0.1) is 5.92 Å². The number of carbonyl (C=O) groups excluding carboxylic acids is 1. The Labute approximate surface area is 262 Å². The zero-order valence-corrected chi connectivity index (χ0v) is 24.6. The van der Waals surface area contributed by atoms with Crippen LogP contribution in [0.2, 0.25) is 20.1 Å². The first kappa shape index (κ1) is 29.4. The highest BCUT2D eigenvalue weighted by Gasteiger charge is 2.31. The number of ether oxygens (including phenoxy) is 3. The monoisotopic (exact) mass is 636 g/mol. The molecular weight excluding hydrogens is 618 g/mol. The van der Waals surface area contributed by atoms with Crippen LogP contribution in [0.25, 0.3) is 6.08 Å². The molecule has 42 heavy (non-hydrogen) atoms. The molecule has 0 fully saturated rings. The molecule has 210 valence electrons. The number of hydrogen-bond donors (Lipinski definition) is 1. The fourth-order valence-corrected chi connectivity index (χ4v) is 5.28. The summed E-state index contributed by atoms with van der Waals surface area (Å²) in [6.45, 7) is 0.259. The zero-order valence-electron chi connectivity index (χ0n) is 21.6. The molecule has 0 amide bonds. The van der Waals surface area contributed by atoms with Gasteiger partial charge in [-0.05, 0) is 59.7 Å². The van der Waals surface area contributed by atoms with Gasteiger partial charge in [0.1, 0.15) is 35.5 Å². The Hall–Kier alpha value is -4.12. The zero-order chi connectivity index (χ0) is 29.8. The van der Waals surface area contributed by atoms with E-state index in [9.17, 15) is 10.1 Å². The van der Waals surface area contributed by atoms with E-state index in [0.29, 0.717) is 42.7 Å². The fraction of sp³-hybridized carbons (Fsp3) is 0.0625. The van der Waals surface area contributed by atoms with Crippen LogP contribution in [0.3, 0.4) is 0 Å². The summed E-state index contributed by atoms with van der Waals surface area (Å²) in [7, 11) is 0. The van der Waals surface area contributed by atoms with Crippen LogP contribution in [0.15, 0.2) is 96.4 Å². The van der Waals surface area contributed by atoms with E-state index in [-0.39, 0.29) is 23.8 Å². The molecule has 6 nitrogen and oxygen atoms in total. The van der Waals surface area contributed by atoms with Gasteiger partial charge in [0.2, 0.25) is 5.88 Å². The number of nitrogens with zero attached hydrogens (tertiary/aromatic N) is 1. The van der Waals surface area contributed by atoms with Gasteiger partial charge in [0.25, 0.3) is 0 Å². The van der Waals surface area contributed by atoms with Crippen LogP contribution < -0.4 is 19.9 Å². The number of nitrogens with two attached hydrogens (primary N) is 1. The predicted molar refractivity (Wildman–Crippen MR) is 164 cm³/mol. The van der Waals surface area contributed by atoms with E-state index in [2.05, 4.69) is 6.07 Å². The lowest BCUT2D eigenvalue weighted by molar-refractivity contribution is -0.128. The van der Waals surface area contributed by atoms with Crippen molar-refractivity contribution in [2.75, 3.05) is 0 Å². The average molecular weight is 638 g/mol. The molecule has 4 aromatic rings. The summed E-state index contributed by atoms with van der Waals surface area (Å²) in [5.74, 6) is 0.0582. The molecule has 1 aliphatic rings. The topological polar surface area (TPSA) is 94.6 Å². The minimum absolute atomic E-state index is 0.0338. The Morgan fingerprint density at radius 3 is 2.29 bits per heavy atom. The standard InChI is InChI=1S/C32H20Cl4N2O4/c33-21-6-1-18(27(35)13-21)5-12-30(39)41-24-10-11-25-29(15-24)42-32(38)26(16-37)31(25)19-3-8-23(9-4-19)40-17-20-2-7-22(34)14-28(20)36/h1-15,31H,17,38H2/b12-5+. The molecule has 0 aliphatic carbocycles. The largest absolute Gasteiger partial charge is 0.489 e. The van der Waals surface area contributed by atoms with Gasteiger partial charge in [-0.1, -0.05) is 76.7 Å². The molecule has 0 radical (unpaired) electrons. The number of allylic oxidation sites excluding steroid dienone is 1. The van der Waals surface area contributed by atoms with E-state index in [1.807, 2.05) is 18.2 Å². The van der Waals surface area contributed by atoms with Crippen LogP contribution in [0.1, 0.15) is 28.2 Å². The minimum atomic E-state index is -0.620. The van der Waals surface area contributed by atoms with Crippen LogP contribution in [-0.4, -0.2) is 5.97 Å². The lowest BCUT2D eigenvalue weighted by Crippen LogP contribution is -2.21. The van der Waals surface area contributed by atoms with Gasteiger partial charge in [-0.15, -0.1) is 0 Å². The predicted octanol–water partition coefficient (Wildman–Crippen LogP) is 8.72. The highest BCUT2D eigenvalue weighted by molar-refractivity contribution is 6.35. The number of esters is 1. The molecule has 1 aliphatic heterocycles. The second-order valence-corrected chi connectivity index (χ2v) is 10.8. The normalized spacial score (nSPS) is 14.2. The van der Waals surface area contributed by atoms with Crippen LogP contribution >= 0.6 is 46.4 Å². The number of nitriles is 1. The van der Waals surface area contributed by atoms with E-state index >= 15 is 0 Å². The van der Waals surface area contributed by atoms with Crippen molar-refractivity contribution in [2.45, 2.75) is 12.5 Å². The number of benzene rings is 4. The molecule has 1 heterocycles. The van der Waals surface area contributed by atoms with Gasteiger partial charge in [-0.3, -0.25) is 0 Å². The number of hydrogen-bond acceptors (Lipinski definition) is 6. The molecule has 10 heteroatoms. The van der Waals surface area contributed by atoms with E-state index in [4.69, 9.17) is 66.3 Å². The Bertz CT molecular complexity index is 1780. The molecule has 0 spiro atoms. The van der Waals surface area contributed by atoms with E-state index in [1.165, 1.54) is 12.2 Å². The van der Waals surface area contributed by atoms with Crippen molar-refractivity contribution >= 4 is 58.4 Å². The molecule has 0 bridgehead atoms. The first-order chi connectivity index (χ1) is 20.2. The minimum Gasteiger partial charge on any atom is -0.489 e.